The van der Waals surface area contributed by atoms with Gasteiger partial charge in [-0.15, -0.1) is 0 Å². The summed E-state index contributed by atoms with van der Waals surface area (Å²) in [5, 5.41) is 9.43. The van der Waals surface area contributed by atoms with Crippen molar-refractivity contribution in [1.82, 2.24) is 10.6 Å². The quantitative estimate of drug-likeness (QED) is 0.571. The highest BCUT2D eigenvalue weighted by Gasteiger charge is 2.32. The number of piperidine rings is 1. The van der Waals surface area contributed by atoms with Crippen LogP contribution in [0.1, 0.15) is 12.8 Å². The lowest BCUT2D eigenvalue weighted by molar-refractivity contribution is 0.303. The van der Waals surface area contributed by atoms with Crippen LogP contribution in [-0.2, 0) is 0 Å². The molecule has 0 radical (unpaired) electrons. The van der Waals surface area contributed by atoms with Crippen LogP contribution in [0.4, 0.5) is 0 Å². The molecule has 1 saturated heterocycles. The van der Waals surface area contributed by atoms with E-state index in [0.29, 0.717) is 6.54 Å². The lowest BCUT2D eigenvalue weighted by atomic mass is 9.89. The standard InChI is InChI=1S/C7H15N3O/c1-8-6-7(10-11)2-4-9-5-3-7/h8-9H,2-6H2,1H3. The van der Waals surface area contributed by atoms with E-state index in [-0.39, 0.29) is 5.54 Å². The van der Waals surface area contributed by atoms with Crippen LogP contribution in [0, 0.1) is 4.91 Å². The molecule has 4 heteroatoms. The summed E-state index contributed by atoms with van der Waals surface area (Å²) >= 11 is 0. The third kappa shape index (κ3) is 1.97. The van der Waals surface area contributed by atoms with Crippen LogP contribution in [0.5, 0.6) is 0 Å². The smallest absolute Gasteiger partial charge is 0.117 e. The fraction of sp³-hybridized carbons (Fsp3) is 1.00. The van der Waals surface area contributed by atoms with Gasteiger partial charge in [-0.1, -0.05) is 5.18 Å². The van der Waals surface area contributed by atoms with Gasteiger partial charge in [0.25, 0.3) is 0 Å². The number of nitrogens with zero attached hydrogens (tertiary/aromatic N) is 1. The molecule has 0 unspecified atom stereocenters. The van der Waals surface area contributed by atoms with Crippen molar-refractivity contribution in [2.75, 3.05) is 26.7 Å². The number of nitroso groups, excluding NO2 is 1. The molecule has 1 fully saturated rings. The molecular weight excluding hydrogens is 142 g/mol. The van der Waals surface area contributed by atoms with Crippen molar-refractivity contribution >= 4 is 0 Å². The maximum Gasteiger partial charge on any atom is 0.117 e. The summed E-state index contributed by atoms with van der Waals surface area (Å²) in [7, 11) is 1.86. The molecule has 1 rings (SSSR count). The van der Waals surface area contributed by atoms with Crippen molar-refractivity contribution in [3.05, 3.63) is 4.91 Å². The summed E-state index contributed by atoms with van der Waals surface area (Å²) in [6.07, 6.45) is 1.72. The maximum absolute atomic E-state index is 10.6. The van der Waals surface area contributed by atoms with Crippen LogP contribution in [0.15, 0.2) is 5.18 Å². The molecule has 0 aliphatic carbocycles. The van der Waals surface area contributed by atoms with Gasteiger partial charge in [0, 0.05) is 6.54 Å². The fourth-order valence-corrected chi connectivity index (χ4v) is 1.52. The first-order valence-electron chi connectivity index (χ1n) is 4.03. The van der Waals surface area contributed by atoms with Crippen molar-refractivity contribution in [3.63, 3.8) is 0 Å². The average molecular weight is 157 g/mol. The first-order chi connectivity index (χ1) is 5.33. The van der Waals surface area contributed by atoms with Gasteiger partial charge in [-0.2, -0.15) is 4.91 Å². The van der Waals surface area contributed by atoms with Crippen molar-refractivity contribution in [3.8, 4) is 0 Å². The summed E-state index contributed by atoms with van der Waals surface area (Å²) in [6, 6.07) is 0. The molecule has 0 aromatic heterocycles. The molecule has 0 atom stereocenters. The Morgan fingerprint density at radius 3 is 2.64 bits per heavy atom. The van der Waals surface area contributed by atoms with Gasteiger partial charge in [-0.05, 0) is 33.0 Å². The van der Waals surface area contributed by atoms with Crippen molar-refractivity contribution in [1.29, 1.82) is 0 Å². The molecule has 64 valence electrons. The van der Waals surface area contributed by atoms with Crippen LogP contribution in [-0.4, -0.2) is 32.2 Å². The van der Waals surface area contributed by atoms with E-state index >= 15 is 0 Å². The van der Waals surface area contributed by atoms with E-state index in [1.807, 2.05) is 7.05 Å². The zero-order chi connectivity index (χ0) is 8.16. The molecular formula is C7H15N3O. The molecule has 4 nitrogen and oxygen atoms in total. The van der Waals surface area contributed by atoms with Gasteiger partial charge in [-0.3, -0.25) is 0 Å². The van der Waals surface area contributed by atoms with Crippen molar-refractivity contribution in [2.24, 2.45) is 5.18 Å². The summed E-state index contributed by atoms with van der Waals surface area (Å²) in [4.78, 5) is 10.6. The Labute approximate surface area is 66.7 Å². The van der Waals surface area contributed by atoms with Gasteiger partial charge in [0.15, 0.2) is 0 Å². The van der Waals surface area contributed by atoms with Crippen molar-refractivity contribution < 1.29 is 0 Å². The molecule has 0 amide bonds. The second-order valence-corrected chi connectivity index (χ2v) is 3.10. The molecule has 1 aliphatic rings. The predicted octanol–water partition coefficient (Wildman–Crippen LogP) is 0.0944. The van der Waals surface area contributed by atoms with Crippen LogP contribution < -0.4 is 10.6 Å². The lowest BCUT2D eigenvalue weighted by Gasteiger charge is -2.30. The Morgan fingerprint density at radius 1 is 1.55 bits per heavy atom. The third-order valence-electron chi connectivity index (χ3n) is 2.23. The van der Waals surface area contributed by atoms with Crippen LogP contribution in [0.3, 0.4) is 0 Å². The van der Waals surface area contributed by atoms with E-state index in [2.05, 4.69) is 15.8 Å². The van der Waals surface area contributed by atoms with E-state index < -0.39 is 0 Å². The van der Waals surface area contributed by atoms with Crippen LogP contribution >= 0.6 is 0 Å². The Bertz CT molecular complexity index is 126. The highest BCUT2D eigenvalue weighted by atomic mass is 16.3. The molecule has 1 heterocycles. The zero-order valence-electron chi connectivity index (χ0n) is 6.89. The molecule has 1 aliphatic heterocycles. The molecule has 0 aromatic carbocycles. The number of hydrogen-bond acceptors (Lipinski definition) is 4. The molecule has 0 saturated carbocycles. The second kappa shape index (κ2) is 3.78. The van der Waals surface area contributed by atoms with Gasteiger partial charge < -0.3 is 10.6 Å². The molecule has 11 heavy (non-hydrogen) atoms. The molecule has 0 spiro atoms. The summed E-state index contributed by atoms with van der Waals surface area (Å²) in [5.74, 6) is 0. The van der Waals surface area contributed by atoms with E-state index in [1.54, 1.807) is 0 Å². The first-order valence-corrected chi connectivity index (χ1v) is 4.03. The minimum absolute atomic E-state index is 0.333. The highest BCUT2D eigenvalue weighted by Crippen LogP contribution is 2.21. The molecule has 2 N–H and O–H groups in total. The van der Waals surface area contributed by atoms with E-state index in [0.717, 1.165) is 25.9 Å². The molecule has 0 bridgehead atoms. The van der Waals surface area contributed by atoms with E-state index in [9.17, 15) is 4.91 Å². The Morgan fingerprint density at radius 2 is 2.18 bits per heavy atom. The number of rotatable bonds is 3. The Hall–Kier alpha value is -0.480. The van der Waals surface area contributed by atoms with Crippen LogP contribution in [0.2, 0.25) is 0 Å². The first kappa shape index (κ1) is 8.62. The normalized spacial score (nSPS) is 23.0. The van der Waals surface area contributed by atoms with Gasteiger partial charge in [-0.25, -0.2) is 0 Å². The number of nitrogens with one attached hydrogen (secondary N) is 2. The maximum atomic E-state index is 10.6. The summed E-state index contributed by atoms with van der Waals surface area (Å²) in [5.41, 5.74) is -0.333. The number of hydrogen-bond donors (Lipinski definition) is 2. The van der Waals surface area contributed by atoms with Gasteiger partial charge >= 0.3 is 0 Å². The molecule has 0 aromatic rings. The van der Waals surface area contributed by atoms with Crippen molar-refractivity contribution in [2.45, 2.75) is 18.4 Å². The predicted molar refractivity (Wildman–Crippen MR) is 44.6 cm³/mol. The third-order valence-corrected chi connectivity index (χ3v) is 2.23. The van der Waals surface area contributed by atoms with E-state index in [1.165, 1.54) is 0 Å². The van der Waals surface area contributed by atoms with Gasteiger partial charge in [0.1, 0.15) is 5.54 Å². The monoisotopic (exact) mass is 157 g/mol. The summed E-state index contributed by atoms with van der Waals surface area (Å²) < 4.78 is 0. The number of likely N-dealkylation sites (N-methyl/N-ethyl adjacent to an activating group) is 1. The van der Waals surface area contributed by atoms with Gasteiger partial charge in [0.2, 0.25) is 0 Å². The minimum Gasteiger partial charge on any atom is -0.317 e. The van der Waals surface area contributed by atoms with Crippen LogP contribution in [0.25, 0.3) is 0 Å². The highest BCUT2D eigenvalue weighted by molar-refractivity contribution is 4.93. The summed E-state index contributed by atoms with van der Waals surface area (Å²) in [6.45, 7) is 2.53. The SMILES string of the molecule is CNCC1(N=O)CCNCC1. The van der Waals surface area contributed by atoms with E-state index in [4.69, 9.17) is 0 Å². The van der Waals surface area contributed by atoms with Gasteiger partial charge in [0.05, 0.1) is 0 Å². The average Bonchev–Trinajstić information content (AvgIpc) is 2.07. The minimum atomic E-state index is -0.333. The topological polar surface area (TPSA) is 53.5 Å². The second-order valence-electron chi connectivity index (χ2n) is 3.10. The Balaban J connectivity index is 2.49. The fourth-order valence-electron chi connectivity index (χ4n) is 1.52. The Kier molecular flexibility index (Phi) is 2.96. The largest absolute Gasteiger partial charge is 0.317 e. The zero-order valence-corrected chi connectivity index (χ0v) is 6.89. The lowest BCUT2D eigenvalue weighted by Crippen LogP contribution is -2.46.